The van der Waals surface area contributed by atoms with E-state index in [1.807, 2.05) is 39.9 Å². The van der Waals surface area contributed by atoms with E-state index in [1.54, 1.807) is 22.7 Å². The summed E-state index contributed by atoms with van der Waals surface area (Å²) < 4.78 is 0. The molecule has 0 aromatic carbocycles. The highest BCUT2D eigenvalue weighted by molar-refractivity contribution is 7.10. The lowest BCUT2D eigenvalue weighted by molar-refractivity contribution is 0.486. The van der Waals surface area contributed by atoms with E-state index < -0.39 is 0 Å². The molecule has 2 atom stereocenters. The van der Waals surface area contributed by atoms with Crippen molar-refractivity contribution in [3.05, 3.63) is 43.8 Å². The van der Waals surface area contributed by atoms with E-state index >= 15 is 0 Å². The Morgan fingerprint density at radius 1 is 0.919 bits per heavy atom. The fourth-order valence-electron chi connectivity index (χ4n) is 3.64. The molecule has 2 aliphatic rings. The summed E-state index contributed by atoms with van der Waals surface area (Å²) in [6.45, 7) is 9.88. The van der Waals surface area contributed by atoms with Gasteiger partial charge in [-0.15, -0.1) is 22.7 Å². The number of nitrogens with zero attached hydrogens (tertiary/aromatic N) is 6. The van der Waals surface area contributed by atoms with E-state index in [0.717, 1.165) is 43.8 Å². The molecule has 0 saturated carbocycles. The Morgan fingerprint density at radius 2 is 1.57 bits per heavy atom. The lowest BCUT2D eigenvalue weighted by Gasteiger charge is -2.26. The minimum atomic E-state index is -0.105. The quantitative estimate of drug-likeness (QED) is 0.444. The summed E-state index contributed by atoms with van der Waals surface area (Å²) in [6, 6.07) is 4.45. The van der Waals surface area contributed by atoms with E-state index in [2.05, 4.69) is 77.6 Å². The van der Waals surface area contributed by atoms with Gasteiger partial charge in [0.25, 0.3) is 0 Å². The van der Waals surface area contributed by atoms with E-state index in [9.17, 15) is 0 Å². The molecule has 0 amide bonds. The lowest BCUT2D eigenvalue weighted by atomic mass is 10.2. The number of likely N-dealkylation sites (N-methyl/N-ethyl adjacent to an activating group) is 1. The van der Waals surface area contributed by atoms with Crippen molar-refractivity contribution in [2.24, 2.45) is 25.7 Å². The summed E-state index contributed by atoms with van der Waals surface area (Å²) in [5, 5.41) is 13.8. The zero-order chi connectivity index (χ0) is 26.9. The van der Waals surface area contributed by atoms with Crippen molar-refractivity contribution in [1.82, 2.24) is 25.8 Å². The monoisotopic (exact) mass is 544 g/mol. The number of thiophene rings is 2. The maximum Gasteiger partial charge on any atom is 0.202 e. The van der Waals surface area contributed by atoms with Gasteiger partial charge in [0.05, 0.1) is 0 Å². The van der Waals surface area contributed by atoms with E-state index in [1.165, 1.54) is 20.9 Å². The van der Waals surface area contributed by atoms with Crippen LogP contribution in [0.15, 0.2) is 42.9 Å². The van der Waals surface area contributed by atoms with E-state index in [0.29, 0.717) is 5.96 Å². The first-order chi connectivity index (χ1) is 17.6. The van der Waals surface area contributed by atoms with Crippen molar-refractivity contribution in [3.8, 4) is 0 Å². The Balaban J connectivity index is 0.000000206. The summed E-state index contributed by atoms with van der Waals surface area (Å²) in [4.78, 5) is 24.3. The largest absolute Gasteiger partial charge is 0.370 e. The topological polar surface area (TPSA) is 118 Å². The summed E-state index contributed by atoms with van der Waals surface area (Å²) >= 11 is 3.58. The number of nitrogens with one attached hydrogen (secondary N) is 3. The first kappa shape index (κ1) is 28.5. The zero-order valence-electron chi connectivity index (χ0n) is 22.9. The number of guanidine groups is 4. The van der Waals surface area contributed by atoms with Crippen LogP contribution >= 0.6 is 22.7 Å². The molecule has 2 aromatic heterocycles. The summed E-state index contributed by atoms with van der Waals surface area (Å²) in [5.41, 5.74) is 8.43. The van der Waals surface area contributed by atoms with Crippen molar-refractivity contribution < 1.29 is 0 Å². The van der Waals surface area contributed by atoms with Gasteiger partial charge in [0.2, 0.25) is 11.9 Å². The Hall–Kier alpha value is -3.12. The summed E-state index contributed by atoms with van der Waals surface area (Å²) in [7, 11) is 5.95. The van der Waals surface area contributed by atoms with E-state index in [4.69, 9.17) is 5.73 Å². The van der Waals surface area contributed by atoms with Gasteiger partial charge in [0, 0.05) is 44.0 Å². The lowest BCUT2D eigenvalue weighted by Crippen LogP contribution is -2.53. The SMILES string of the molecule is Cc1cc(CCN(C)C2=NC(C)N=C(N)N2)cs1.Cc1cc(CCN=C2NC(N(C)C)=NC(C)N2)cs1. The molecule has 0 aliphatic carbocycles. The normalized spacial score (nSPS) is 19.9. The number of hydrogen-bond donors (Lipinski definition) is 4. The molecule has 0 saturated heterocycles. The van der Waals surface area contributed by atoms with Gasteiger partial charge in [0.15, 0.2) is 11.9 Å². The molecule has 5 N–H and O–H groups in total. The highest BCUT2D eigenvalue weighted by Gasteiger charge is 2.16. The molecule has 0 spiro atoms. The maximum atomic E-state index is 5.70. The van der Waals surface area contributed by atoms with Crippen LogP contribution in [0.25, 0.3) is 0 Å². The zero-order valence-corrected chi connectivity index (χ0v) is 24.5. The molecule has 2 aliphatic heterocycles. The van der Waals surface area contributed by atoms with Crippen molar-refractivity contribution in [2.75, 3.05) is 34.2 Å². The smallest absolute Gasteiger partial charge is 0.202 e. The van der Waals surface area contributed by atoms with Crippen LogP contribution in [0.5, 0.6) is 0 Å². The van der Waals surface area contributed by atoms with Crippen LogP contribution in [-0.4, -0.2) is 80.2 Å². The van der Waals surface area contributed by atoms with Crippen LogP contribution in [-0.2, 0) is 12.8 Å². The highest BCUT2D eigenvalue weighted by atomic mass is 32.1. The van der Waals surface area contributed by atoms with Crippen LogP contribution in [0, 0.1) is 13.8 Å². The standard InChI is InChI=1S/C13H21N5S.C12H19N5S/c1-9-7-11(8-19-9)5-6-14-12-15-10(2)16-13(17-12)18(3)4;1-8-6-10(7-18-8)4-5-17(3)12-15-9(2)14-11(13)16-12/h7-8,10H,5-6H2,1-4H3,(H2,14,15,16,17);6-7,9H,4-5H2,1-3H3,(H3,13,14,15,16). The molecule has 12 heteroatoms. The predicted octanol–water partition coefficient (Wildman–Crippen LogP) is 2.56. The summed E-state index contributed by atoms with van der Waals surface area (Å²) in [5.74, 6) is 2.88. The molecule has 202 valence electrons. The van der Waals surface area contributed by atoms with Gasteiger partial charge in [0.1, 0.15) is 12.3 Å². The average molecular weight is 545 g/mol. The average Bonchev–Trinajstić information content (AvgIpc) is 3.44. The van der Waals surface area contributed by atoms with Gasteiger partial charge in [-0.25, -0.2) is 15.0 Å². The molecule has 37 heavy (non-hydrogen) atoms. The minimum Gasteiger partial charge on any atom is -0.370 e. The fraction of sp³-hybridized carbons (Fsp3) is 0.520. The molecule has 4 heterocycles. The van der Waals surface area contributed by atoms with Crippen molar-refractivity contribution in [1.29, 1.82) is 0 Å². The van der Waals surface area contributed by atoms with Crippen LogP contribution in [0.4, 0.5) is 0 Å². The van der Waals surface area contributed by atoms with E-state index in [-0.39, 0.29) is 12.3 Å². The molecular formula is C25H40N10S2. The number of nitrogens with two attached hydrogens (primary N) is 1. The third kappa shape index (κ3) is 9.36. The Kier molecular flexibility index (Phi) is 10.3. The van der Waals surface area contributed by atoms with Crippen LogP contribution < -0.4 is 21.7 Å². The highest BCUT2D eigenvalue weighted by Crippen LogP contribution is 2.14. The van der Waals surface area contributed by atoms with Crippen LogP contribution in [0.1, 0.15) is 34.7 Å². The second kappa shape index (κ2) is 13.4. The number of rotatable bonds is 6. The minimum absolute atomic E-state index is 0.0563. The van der Waals surface area contributed by atoms with Crippen LogP contribution in [0.3, 0.4) is 0 Å². The third-order valence-electron chi connectivity index (χ3n) is 5.53. The predicted molar refractivity (Wildman–Crippen MR) is 159 cm³/mol. The maximum absolute atomic E-state index is 5.70. The van der Waals surface area contributed by atoms with Crippen molar-refractivity contribution in [3.63, 3.8) is 0 Å². The molecule has 2 aromatic rings. The van der Waals surface area contributed by atoms with Gasteiger partial charge in [-0.2, -0.15) is 0 Å². The van der Waals surface area contributed by atoms with Gasteiger partial charge < -0.3 is 20.9 Å². The summed E-state index contributed by atoms with van der Waals surface area (Å²) in [6.07, 6.45) is 1.93. The second-order valence-electron chi connectivity index (χ2n) is 9.30. The number of aliphatic imine (C=N–C) groups is 4. The van der Waals surface area contributed by atoms with Gasteiger partial charge in [-0.3, -0.25) is 15.6 Å². The number of aryl methyl sites for hydroxylation is 2. The molecular weight excluding hydrogens is 504 g/mol. The molecule has 0 fully saturated rings. The Morgan fingerprint density at radius 3 is 2.14 bits per heavy atom. The molecule has 0 bridgehead atoms. The fourth-order valence-corrected chi connectivity index (χ4v) is 5.12. The Bertz CT molecular complexity index is 1140. The van der Waals surface area contributed by atoms with Gasteiger partial charge in [-0.1, -0.05) is 0 Å². The van der Waals surface area contributed by atoms with Gasteiger partial charge in [-0.05, 0) is 74.6 Å². The molecule has 0 radical (unpaired) electrons. The first-order valence-electron chi connectivity index (χ1n) is 12.4. The van der Waals surface area contributed by atoms with Gasteiger partial charge >= 0.3 is 0 Å². The molecule has 4 rings (SSSR count). The third-order valence-corrected chi connectivity index (χ3v) is 7.35. The molecule has 10 nitrogen and oxygen atoms in total. The van der Waals surface area contributed by atoms with Crippen LogP contribution in [0.2, 0.25) is 0 Å². The van der Waals surface area contributed by atoms with Crippen molar-refractivity contribution >= 4 is 46.5 Å². The second-order valence-corrected chi connectivity index (χ2v) is 11.5. The number of hydrogen-bond acceptors (Lipinski definition) is 10. The van der Waals surface area contributed by atoms with Crippen molar-refractivity contribution in [2.45, 2.75) is 52.9 Å². The molecule has 2 unspecified atom stereocenters. The first-order valence-corrected chi connectivity index (χ1v) is 14.2. The Labute approximate surface area is 228 Å².